The highest BCUT2D eigenvalue weighted by atomic mass is 16.3. The molecule has 1 aromatic rings. The van der Waals surface area contributed by atoms with E-state index in [1.165, 1.54) is 0 Å². The fourth-order valence-electron chi connectivity index (χ4n) is 2.33. The van der Waals surface area contributed by atoms with Crippen molar-refractivity contribution in [2.24, 2.45) is 0 Å². The number of aliphatic hydroxyl groups excluding tert-OH is 1. The Balaban J connectivity index is 2.01. The van der Waals surface area contributed by atoms with Crippen molar-refractivity contribution in [2.75, 3.05) is 26.2 Å². The Morgan fingerprint density at radius 3 is 2.31 bits per heavy atom. The number of hydrogen-bond acceptors (Lipinski definition) is 3. The van der Waals surface area contributed by atoms with Crippen molar-refractivity contribution < 1.29 is 10.2 Å². The molecule has 16 heavy (non-hydrogen) atoms. The van der Waals surface area contributed by atoms with E-state index in [2.05, 4.69) is 4.90 Å². The summed E-state index contributed by atoms with van der Waals surface area (Å²) in [7, 11) is 0. The second kappa shape index (κ2) is 4.95. The number of benzene rings is 1. The molecule has 1 aliphatic rings. The molecule has 0 amide bonds. The summed E-state index contributed by atoms with van der Waals surface area (Å²) in [6.45, 7) is 2.62. The molecule has 1 fully saturated rings. The first kappa shape index (κ1) is 11.6. The van der Waals surface area contributed by atoms with Crippen molar-refractivity contribution >= 4 is 0 Å². The van der Waals surface area contributed by atoms with Crippen LogP contribution in [0.1, 0.15) is 18.4 Å². The van der Waals surface area contributed by atoms with Gasteiger partial charge in [0.2, 0.25) is 0 Å². The second-order valence-electron chi connectivity index (χ2n) is 4.46. The molecular formula is C13H19NO2. The third kappa shape index (κ3) is 2.43. The molecule has 0 atom stereocenters. The molecule has 1 aromatic carbocycles. The molecule has 0 spiro atoms. The number of piperidine rings is 1. The van der Waals surface area contributed by atoms with E-state index in [1.807, 2.05) is 30.3 Å². The van der Waals surface area contributed by atoms with Gasteiger partial charge in [-0.25, -0.2) is 0 Å². The van der Waals surface area contributed by atoms with E-state index >= 15 is 0 Å². The highest BCUT2D eigenvalue weighted by Crippen LogP contribution is 2.32. The van der Waals surface area contributed by atoms with Crippen LogP contribution in [0.4, 0.5) is 0 Å². The minimum atomic E-state index is -0.673. The van der Waals surface area contributed by atoms with Gasteiger partial charge in [-0.1, -0.05) is 30.3 Å². The van der Waals surface area contributed by atoms with Crippen LogP contribution in [0.5, 0.6) is 0 Å². The molecule has 0 unspecified atom stereocenters. The summed E-state index contributed by atoms with van der Waals surface area (Å²) in [5, 5.41) is 19.4. The zero-order valence-corrected chi connectivity index (χ0v) is 9.47. The van der Waals surface area contributed by atoms with Crippen molar-refractivity contribution in [1.82, 2.24) is 4.90 Å². The Labute approximate surface area is 96.3 Å². The van der Waals surface area contributed by atoms with Crippen molar-refractivity contribution in [2.45, 2.75) is 18.4 Å². The van der Waals surface area contributed by atoms with Gasteiger partial charge in [0.15, 0.2) is 0 Å². The maximum atomic E-state index is 10.5. The van der Waals surface area contributed by atoms with Crippen molar-refractivity contribution in [1.29, 1.82) is 0 Å². The molecule has 2 N–H and O–H groups in total. The molecule has 2 rings (SSSR count). The quantitative estimate of drug-likeness (QED) is 0.799. The van der Waals surface area contributed by atoms with Crippen LogP contribution in [-0.4, -0.2) is 41.4 Å². The summed E-state index contributed by atoms with van der Waals surface area (Å²) in [6.07, 6.45) is 1.49. The van der Waals surface area contributed by atoms with Crippen LogP contribution in [0.3, 0.4) is 0 Å². The van der Waals surface area contributed by atoms with Crippen molar-refractivity contribution in [3.05, 3.63) is 35.9 Å². The summed E-state index contributed by atoms with van der Waals surface area (Å²) in [5.74, 6) is 0. The Hall–Kier alpha value is -0.900. The normalized spacial score (nSPS) is 20.9. The summed E-state index contributed by atoms with van der Waals surface area (Å²) in [5.41, 5.74) is 0.339. The van der Waals surface area contributed by atoms with Gasteiger partial charge in [-0.3, -0.25) is 0 Å². The van der Waals surface area contributed by atoms with E-state index in [4.69, 9.17) is 5.11 Å². The largest absolute Gasteiger partial charge is 0.395 e. The fourth-order valence-corrected chi connectivity index (χ4v) is 2.33. The molecule has 3 nitrogen and oxygen atoms in total. The van der Waals surface area contributed by atoms with Crippen molar-refractivity contribution in [3.8, 4) is 0 Å². The first-order valence-electron chi connectivity index (χ1n) is 5.86. The number of nitrogens with zero attached hydrogens (tertiary/aromatic N) is 1. The Morgan fingerprint density at radius 2 is 1.75 bits per heavy atom. The first-order chi connectivity index (χ1) is 7.74. The van der Waals surface area contributed by atoms with Crippen LogP contribution >= 0.6 is 0 Å². The summed E-state index contributed by atoms with van der Waals surface area (Å²) < 4.78 is 0. The molecule has 1 saturated heterocycles. The average molecular weight is 221 g/mol. The van der Waals surface area contributed by atoms with E-state index in [0.29, 0.717) is 6.54 Å². The number of β-amino-alcohol motifs (C(OH)–C–C–N with tert-alkyl or cyclic N) is 1. The highest BCUT2D eigenvalue weighted by molar-refractivity contribution is 5.22. The molecule has 1 aliphatic heterocycles. The lowest BCUT2D eigenvalue weighted by Gasteiger charge is -2.38. The lowest BCUT2D eigenvalue weighted by molar-refractivity contribution is -0.0284. The zero-order valence-electron chi connectivity index (χ0n) is 9.47. The lowest BCUT2D eigenvalue weighted by Crippen LogP contribution is -2.43. The van der Waals surface area contributed by atoms with Crippen LogP contribution in [0, 0.1) is 0 Å². The Bertz CT molecular complexity index is 318. The minimum Gasteiger partial charge on any atom is -0.395 e. The van der Waals surface area contributed by atoms with Gasteiger partial charge >= 0.3 is 0 Å². The van der Waals surface area contributed by atoms with Crippen LogP contribution in [0.25, 0.3) is 0 Å². The molecule has 0 saturated carbocycles. The van der Waals surface area contributed by atoms with Gasteiger partial charge in [-0.2, -0.15) is 0 Å². The fraction of sp³-hybridized carbons (Fsp3) is 0.538. The van der Waals surface area contributed by atoms with E-state index < -0.39 is 5.60 Å². The maximum Gasteiger partial charge on any atom is 0.0920 e. The predicted molar refractivity (Wildman–Crippen MR) is 63.1 cm³/mol. The number of hydrogen-bond donors (Lipinski definition) is 2. The number of rotatable bonds is 3. The molecule has 88 valence electrons. The lowest BCUT2D eigenvalue weighted by atomic mass is 9.84. The Morgan fingerprint density at radius 1 is 1.12 bits per heavy atom. The van der Waals surface area contributed by atoms with Gasteiger partial charge in [0.1, 0.15) is 0 Å². The van der Waals surface area contributed by atoms with Gasteiger partial charge in [0, 0.05) is 19.6 Å². The topological polar surface area (TPSA) is 43.7 Å². The Kier molecular flexibility index (Phi) is 3.59. The van der Waals surface area contributed by atoms with Crippen LogP contribution in [-0.2, 0) is 5.60 Å². The number of aliphatic hydroxyl groups is 2. The molecule has 0 radical (unpaired) electrons. The zero-order chi connectivity index (χ0) is 11.4. The second-order valence-corrected chi connectivity index (χ2v) is 4.46. The first-order valence-corrected chi connectivity index (χ1v) is 5.86. The maximum absolute atomic E-state index is 10.5. The smallest absolute Gasteiger partial charge is 0.0920 e. The summed E-state index contributed by atoms with van der Waals surface area (Å²) in [6, 6.07) is 9.87. The monoisotopic (exact) mass is 221 g/mol. The summed E-state index contributed by atoms with van der Waals surface area (Å²) in [4.78, 5) is 2.19. The van der Waals surface area contributed by atoms with E-state index in [-0.39, 0.29) is 6.61 Å². The van der Waals surface area contributed by atoms with E-state index in [9.17, 15) is 5.11 Å². The molecule has 0 aromatic heterocycles. The van der Waals surface area contributed by atoms with Gasteiger partial charge in [0.25, 0.3) is 0 Å². The molecule has 3 heteroatoms. The van der Waals surface area contributed by atoms with Crippen LogP contribution in [0.15, 0.2) is 30.3 Å². The summed E-state index contributed by atoms with van der Waals surface area (Å²) >= 11 is 0. The molecule has 1 heterocycles. The van der Waals surface area contributed by atoms with Gasteiger partial charge in [-0.15, -0.1) is 0 Å². The highest BCUT2D eigenvalue weighted by Gasteiger charge is 2.33. The standard InChI is InChI=1S/C13H19NO2/c15-11-10-14-8-6-13(16,7-9-14)12-4-2-1-3-5-12/h1-5,15-16H,6-11H2. The molecule has 0 aliphatic carbocycles. The van der Waals surface area contributed by atoms with Gasteiger partial charge in [-0.05, 0) is 18.4 Å². The average Bonchev–Trinajstić information content (AvgIpc) is 2.34. The predicted octanol–water partition coefficient (Wildman–Crippen LogP) is 0.962. The molecule has 0 bridgehead atoms. The third-order valence-corrected chi connectivity index (χ3v) is 3.41. The SMILES string of the molecule is OCCN1CCC(O)(c2ccccc2)CC1. The minimum absolute atomic E-state index is 0.198. The van der Waals surface area contributed by atoms with Crippen molar-refractivity contribution in [3.63, 3.8) is 0 Å². The third-order valence-electron chi connectivity index (χ3n) is 3.41. The van der Waals surface area contributed by atoms with Crippen LogP contribution < -0.4 is 0 Å². The van der Waals surface area contributed by atoms with Gasteiger partial charge < -0.3 is 15.1 Å². The molecular weight excluding hydrogens is 202 g/mol. The van der Waals surface area contributed by atoms with Gasteiger partial charge in [0.05, 0.1) is 12.2 Å². The van der Waals surface area contributed by atoms with E-state index in [1.54, 1.807) is 0 Å². The van der Waals surface area contributed by atoms with E-state index in [0.717, 1.165) is 31.5 Å². The number of likely N-dealkylation sites (tertiary alicyclic amines) is 1. The van der Waals surface area contributed by atoms with Crippen LogP contribution in [0.2, 0.25) is 0 Å².